The Bertz CT molecular complexity index is 2100. The molecule has 3 aromatic rings. The van der Waals surface area contributed by atoms with Crippen molar-refractivity contribution in [2.45, 2.75) is 53.6 Å². The van der Waals surface area contributed by atoms with Crippen molar-refractivity contribution >= 4 is 83.9 Å². The summed E-state index contributed by atoms with van der Waals surface area (Å²) in [7, 11) is -8.99. The number of hydrogen-bond donors (Lipinski definition) is 0. The fourth-order valence-corrected chi connectivity index (χ4v) is 7.43. The molecule has 0 radical (unpaired) electrons. The predicted molar refractivity (Wildman–Crippen MR) is 192 cm³/mol. The molecule has 0 saturated carbocycles. The molecular formula is C33H39Cl2N4NaO10S2. The number of fused-ring (bicyclic) bond motifs is 2. The van der Waals surface area contributed by atoms with Crippen molar-refractivity contribution < 1.29 is 79.1 Å². The van der Waals surface area contributed by atoms with Gasteiger partial charge >= 0.3 is 41.5 Å². The Balaban J connectivity index is 0.00000729. The molecule has 2 heterocycles. The molecule has 0 spiro atoms. The van der Waals surface area contributed by atoms with E-state index in [0.29, 0.717) is 47.1 Å². The fraction of sp³-hybridized carbons (Fsp3) is 0.424. The maximum Gasteiger partial charge on any atom is 1.00 e. The van der Waals surface area contributed by atoms with Gasteiger partial charge in [0.15, 0.2) is 11.0 Å². The summed E-state index contributed by atoms with van der Waals surface area (Å²) >= 11 is 13.0. The molecule has 1 aliphatic rings. The number of ether oxygens (including phenoxy) is 2. The predicted octanol–water partition coefficient (Wildman–Crippen LogP) is 1.68. The van der Waals surface area contributed by atoms with E-state index in [9.17, 15) is 35.5 Å². The molecule has 0 bridgehead atoms. The minimum Gasteiger partial charge on any atom is -0.748 e. The van der Waals surface area contributed by atoms with Gasteiger partial charge in [-0.05, 0) is 58.7 Å². The van der Waals surface area contributed by atoms with Crippen LogP contribution < -0.4 is 43.9 Å². The SMILES string of the molecule is CCOC(=O)c1cc2c(cc1Cl)N(CC)/C(=C/C=C\c1n(CC)c3cc(Cl)c(C(=O)OCC)cc3[n+]1CCCS(=O)(=O)[O-])N2CCCS(=O)(=O)[O-].[Na+]. The van der Waals surface area contributed by atoms with E-state index in [2.05, 4.69) is 0 Å². The summed E-state index contributed by atoms with van der Waals surface area (Å²) in [5.74, 6) is -1.25. The summed E-state index contributed by atoms with van der Waals surface area (Å²) in [6.45, 7) is 8.53. The van der Waals surface area contributed by atoms with Gasteiger partial charge in [-0.1, -0.05) is 29.3 Å². The molecule has 0 atom stereocenters. The van der Waals surface area contributed by atoms with Crippen molar-refractivity contribution in [2.24, 2.45) is 0 Å². The van der Waals surface area contributed by atoms with Gasteiger partial charge in [0.1, 0.15) is 5.82 Å². The number of rotatable bonds is 16. The first-order valence-corrected chi connectivity index (χ1v) is 20.2. The molecule has 2 aromatic carbocycles. The van der Waals surface area contributed by atoms with E-state index in [0.717, 1.165) is 0 Å². The van der Waals surface area contributed by atoms with Crippen LogP contribution in [0.15, 0.2) is 42.2 Å². The number of esters is 2. The van der Waals surface area contributed by atoms with Gasteiger partial charge < -0.3 is 28.4 Å². The number of allylic oxidation sites excluding steroid dienone is 2. The Morgan fingerprint density at radius 2 is 1.37 bits per heavy atom. The number of anilines is 2. The Labute approximate surface area is 335 Å². The third kappa shape index (κ3) is 10.3. The van der Waals surface area contributed by atoms with Crippen LogP contribution in [0.1, 0.15) is 67.1 Å². The van der Waals surface area contributed by atoms with Gasteiger partial charge in [0, 0.05) is 42.8 Å². The van der Waals surface area contributed by atoms with E-state index in [4.69, 9.17) is 32.7 Å². The van der Waals surface area contributed by atoms with Crippen LogP contribution in [0.5, 0.6) is 0 Å². The molecule has 52 heavy (non-hydrogen) atoms. The molecule has 0 saturated heterocycles. The molecule has 4 rings (SSSR count). The normalized spacial score (nSPS) is 14.0. The first kappa shape index (κ1) is 43.7. The van der Waals surface area contributed by atoms with E-state index in [-0.39, 0.29) is 89.9 Å². The molecule has 278 valence electrons. The number of benzene rings is 2. The topological polar surface area (TPSA) is 182 Å². The van der Waals surface area contributed by atoms with Crippen molar-refractivity contribution in [3.05, 3.63) is 69.2 Å². The zero-order valence-electron chi connectivity index (χ0n) is 29.6. The Kier molecular flexibility index (Phi) is 15.6. The third-order valence-corrected chi connectivity index (χ3v) is 10.3. The quantitative estimate of drug-likeness (QED) is 0.0886. The molecule has 0 N–H and O–H groups in total. The van der Waals surface area contributed by atoms with Crippen molar-refractivity contribution in [2.75, 3.05) is 47.6 Å². The smallest absolute Gasteiger partial charge is 0.748 e. The van der Waals surface area contributed by atoms with Crippen LogP contribution in [0, 0.1) is 0 Å². The number of imidazole rings is 1. The summed E-state index contributed by atoms with van der Waals surface area (Å²) in [4.78, 5) is 29.1. The van der Waals surface area contributed by atoms with Crippen LogP contribution in [-0.2, 0) is 42.8 Å². The second-order valence-corrected chi connectivity index (χ2v) is 15.2. The Hall–Kier alpha value is -2.67. The van der Waals surface area contributed by atoms with Gasteiger partial charge in [-0.15, -0.1) is 0 Å². The average Bonchev–Trinajstić information content (AvgIpc) is 3.48. The van der Waals surface area contributed by atoms with Gasteiger partial charge in [-0.3, -0.25) is 0 Å². The molecule has 0 fully saturated rings. The molecular weight excluding hydrogens is 770 g/mol. The van der Waals surface area contributed by atoms with E-state index < -0.39 is 43.7 Å². The number of hydrogen-bond acceptors (Lipinski definition) is 12. The molecule has 1 aromatic heterocycles. The van der Waals surface area contributed by atoms with Gasteiger partial charge in [-0.2, -0.15) is 0 Å². The molecule has 19 heteroatoms. The van der Waals surface area contributed by atoms with Crippen LogP contribution >= 0.6 is 23.2 Å². The summed E-state index contributed by atoms with van der Waals surface area (Å²) in [6, 6.07) is 6.41. The zero-order valence-corrected chi connectivity index (χ0v) is 34.7. The summed E-state index contributed by atoms with van der Waals surface area (Å²) in [5, 5.41) is 0.331. The van der Waals surface area contributed by atoms with E-state index in [1.807, 2.05) is 23.3 Å². The van der Waals surface area contributed by atoms with Crippen LogP contribution in [0.3, 0.4) is 0 Å². The number of halogens is 2. The van der Waals surface area contributed by atoms with Gasteiger partial charge in [0.25, 0.3) is 5.82 Å². The maximum absolute atomic E-state index is 12.7. The summed E-state index contributed by atoms with van der Waals surface area (Å²) < 4.78 is 82.9. The standard InChI is InChI=1S/C33H40Cl2N4O10S2.Na/c1-5-36-28-20-24(34)22(32(40)48-7-3)18-26(28)38(14-10-16-50(42,43)44)30(36)12-9-13-31-37(6-2)29-21-25(35)23(33(41)49-8-4)19-27(29)39(31)15-11-17-51(45,46)47;/h9,12-13,18-21H,5-8,10-11,14-17H2,1-4H3,(H-,42,43,44,45,46,47);/q;+1/p-1. The molecule has 1 aliphatic heterocycles. The molecule has 0 amide bonds. The largest absolute Gasteiger partial charge is 1.00 e. The van der Waals surface area contributed by atoms with Gasteiger partial charge in [0.05, 0.1) is 79.1 Å². The van der Waals surface area contributed by atoms with Crippen molar-refractivity contribution in [3.8, 4) is 0 Å². The second kappa shape index (κ2) is 18.6. The van der Waals surface area contributed by atoms with E-state index in [1.165, 1.54) is 0 Å². The first-order chi connectivity index (χ1) is 24.0. The molecule has 14 nitrogen and oxygen atoms in total. The Morgan fingerprint density at radius 1 is 0.808 bits per heavy atom. The fourth-order valence-electron chi connectivity index (χ4n) is 6.00. The minimum atomic E-state index is -4.50. The third-order valence-electron chi connectivity index (χ3n) is 8.06. The van der Waals surface area contributed by atoms with Gasteiger partial charge in [-0.25, -0.2) is 35.6 Å². The number of carbonyl (C=O) groups excluding carboxylic acids is 2. The van der Waals surface area contributed by atoms with Crippen molar-refractivity contribution in [3.63, 3.8) is 0 Å². The monoisotopic (exact) mass is 808 g/mol. The Morgan fingerprint density at radius 3 is 1.92 bits per heavy atom. The molecule has 0 unspecified atom stereocenters. The number of aryl methyl sites for hydroxylation is 2. The van der Waals surface area contributed by atoms with Crippen LogP contribution in [-0.4, -0.2) is 80.3 Å². The molecule has 0 aliphatic carbocycles. The first-order valence-electron chi connectivity index (χ1n) is 16.3. The number of carbonyl (C=O) groups is 2. The minimum absolute atomic E-state index is 0. The summed E-state index contributed by atoms with van der Waals surface area (Å²) in [5.41, 5.74) is 2.67. The summed E-state index contributed by atoms with van der Waals surface area (Å²) in [6.07, 6.45) is 5.28. The maximum atomic E-state index is 12.7. The second-order valence-electron chi connectivity index (χ2n) is 11.3. The zero-order chi connectivity index (χ0) is 37.7. The van der Waals surface area contributed by atoms with E-state index >= 15 is 0 Å². The van der Waals surface area contributed by atoms with Crippen LogP contribution in [0.4, 0.5) is 11.4 Å². The van der Waals surface area contributed by atoms with Crippen LogP contribution in [0.2, 0.25) is 10.0 Å². The van der Waals surface area contributed by atoms with Gasteiger partial charge in [0.2, 0.25) is 0 Å². The number of aromatic nitrogens is 2. The number of nitrogens with zero attached hydrogens (tertiary/aromatic N) is 4. The van der Waals surface area contributed by atoms with Crippen molar-refractivity contribution in [1.29, 1.82) is 0 Å². The van der Waals surface area contributed by atoms with Crippen LogP contribution in [0.25, 0.3) is 17.1 Å². The van der Waals surface area contributed by atoms with E-state index in [1.54, 1.807) is 65.8 Å². The average molecular weight is 810 g/mol. The van der Waals surface area contributed by atoms with Crippen molar-refractivity contribution in [1.82, 2.24) is 4.57 Å².